The zero-order valence-corrected chi connectivity index (χ0v) is 15.1. The number of aryl methyl sites for hydroxylation is 1. The Labute approximate surface area is 152 Å². The van der Waals surface area contributed by atoms with Crippen LogP contribution in [0.5, 0.6) is 0 Å². The Bertz CT molecular complexity index is 795. The van der Waals surface area contributed by atoms with Crippen LogP contribution in [0, 0.1) is 6.92 Å². The van der Waals surface area contributed by atoms with Crippen molar-refractivity contribution in [3.63, 3.8) is 0 Å². The first kappa shape index (κ1) is 16.5. The van der Waals surface area contributed by atoms with Crippen LogP contribution in [-0.4, -0.2) is 45.2 Å². The van der Waals surface area contributed by atoms with Crippen molar-refractivity contribution < 1.29 is 4.79 Å². The van der Waals surface area contributed by atoms with Crippen molar-refractivity contribution in [1.29, 1.82) is 0 Å². The van der Waals surface area contributed by atoms with Gasteiger partial charge in [-0.15, -0.1) is 10.2 Å². The van der Waals surface area contributed by atoms with E-state index in [0.717, 1.165) is 62.8 Å². The standard InChI is InChI=1S/C18H22ClN5O/c1-12-10-14(2-3-15(12)19)18(25)23-7-4-13(5-8-23)17-22-21-16-11-20-6-9-24(16)17/h2-3,10,13,20H,4-9,11H2,1H3. The van der Waals surface area contributed by atoms with Gasteiger partial charge < -0.3 is 14.8 Å². The van der Waals surface area contributed by atoms with Crippen LogP contribution in [-0.2, 0) is 13.1 Å². The fourth-order valence-corrected chi connectivity index (χ4v) is 3.84. The molecule has 1 N–H and O–H groups in total. The van der Waals surface area contributed by atoms with Crippen molar-refractivity contribution in [2.24, 2.45) is 0 Å². The highest BCUT2D eigenvalue weighted by molar-refractivity contribution is 6.31. The summed E-state index contributed by atoms with van der Waals surface area (Å²) in [5.41, 5.74) is 1.65. The maximum atomic E-state index is 12.7. The van der Waals surface area contributed by atoms with Gasteiger partial charge in [-0.05, 0) is 43.5 Å². The molecule has 0 bridgehead atoms. The highest BCUT2D eigenvalue weighted by Crippen LogP contribution is 2.29. The number of nitrogens with one attached hydrogen (secondary N) is 1. The van der Waals surface area contributed by atoms with Gasteiger partial charge in [0.15, 0.2) is 0 Å². The molecular weight excluding hydrogens is 338 g/mol. The van der Waals surface area contributed by atoms with E-state index in [1.165, 1.54) is 0 Å². The molecule has 132 valence electrons. The minimum absolute atomic E-state index is 0.0886. The highest BCUT2D eigenvalue weighted by Gasteiger charge is 2.29. The molecule has 4 rings (SSSR count). The monoisotopic (exact) mass is 359 g/mol. The summed E-state index contributed by atoms with van der Waals surface area (Å²) in [6.07, 6.45) is 1.87. The van der Waals surface area contributed by atoms with Crippen molar-refractivity contribution in [2.75, 3.05) is 19.6 Å². The third-order valence-corrected chi connectivity index (χ3v) is 5.63. The number of piperidine rings is 1. The smallest absolute Gasteiger partial charge is 0.253 e. The third-order valence-electron chi connectivity index (χ3n) is 5.20. The number of hydrogen-bond donors (Lipinski definition) is 1. The lowest BCUT2D eigenvalue weighted by Gasteiger charge is -2.32. The van der Waals surface area contributed by atoms with Crippen LogP contribution in [0.3, 0.4) is 0 Å². The van der Waals surface area contributed by atoms with Crippen LogP contribution in [0.25, 0.3) is 0 Å². The molecular formula is C18H22ClN5O. The van der Waals surface area contributed by atoms with E-state index < -0.39 is 0 Å². The van der Waals surface area contributed by atoms with Crippen molar-refractivity contribution in [2.45, 2.75) is 38.8 Å². The van der Waals surface area contributed by atoms with E-state index in [-0.39, 0.29) is 5.91 Å². The lowest BCUT2D eigenvalue weighted by atomic mass is 9.95. The van der Waals surface area contributed by atoms with Gasteiger partial charge in [0, 0.05) is 42.7 Å². The van der Waals surface area contributed by atoms with Crippen LogP contribution in [0.1, 0.15) is 46.3 Å². The molecule has 2 aliphatic heterocycles. The first-order valence-electron chi connectivity index (χ1n) is 8.81. The number of aromatic nitrogens is 3. The molecule has 2 aliphatic rings. The molecule has 2 aromatic rings. The summed E-state index contributed by atoms with van der Waals surface area (Å²) in [7, 11) is 0. The van der Waals surface area contributed by atoms with E-state index in [9.17, 15) is 4.79 Å². The maximum Gasteiger partial charge on any atom is 0.253 e. The molecule has 0 spiro atoms. The second-order valence-corrected chi connectivity index (χ2v) is 7.24. The highest BCUT2D eigenvalue weighted by atomic mass is 35.5. The minimum atomic E-state index is 0.0886. The SMILES string of the molecule is Cc1cc(C(=O)N2CCC(c3nnc4n3CCNC4)CC2)ccc1Cl. The number of amides is 1. The largest absolute Gasteiger partial charge is 0.339 e. The van der Waals surface area contributed by atoms with Crippen molar-refractivity contribution in [3.8, 4) is 0 Å². The normalized spacial score (nSPS) is 18.2. The number of benzene rings is 1. The summed E-state index contributed by atoms with van der Waals surface area (Å²) >= 11 is 6.06. The number of nitrogens with zero attached hydrogens (tertiary/aromatic N) is 4. The second-order valence-electron chi connectivity index (χ2n) is 6.83. The lowest BCUT2D eigenvalue weighted by Crippen LogP contribution is -2.39. The van der Waals surface area contributed by atoms with Gasteiger partial charge >= 0.3 is 0 Å². The Morgan fingerprint density at radius 1 is 1.24 bits per heavy atom. The summed E-state index contributed by atoms with van der Waals surface area (Å²) in [4.78, 5) is 14.7. The Balaban J connectivity index is 1.43. The number of fused-ring (bicyclic) bond motifs is 1. The summed E-state index contributed by atoms with van der Waals surface area (Å²) in [6.45, 7) is 6.12. The molecule has 1 amide bonds. The number of hydrogen-bond acceptors (Lipinski definition) is 4. The molecule has 25 heavy (non-hydrogen) atoms. The average Bonchev–Trinajstić information content (AvgIpc) is 3.08. The quantitative estimate of drug-likeness (QED) is 0.894. The topological polar surface area (TPSA) is 63.1 Å². The van der Waals surface area contributed by atoms with Gasteiger partial charge in [0.2, 0.25) is 0 Å². The zero-order valence-electron chi connectivity index (χ0n) is 14.3. The van der Waals surface area contributed by atoms with Gasteiger partial charge in [0.05, 0.1) is 6.54 Å². The lowest BCUT2D eigenvalue weighted by molar-refractivity contribution is 0.0710. The zero-order chi connectivity index (χ0) is 17.4. The molecule has 0 saturated carbocycles. The average molecular weight is 360 g/mol. The van der Waals surface area contributed by atoms with Gasteiger partial charge in [0.1, 0.15) is 11.6 Å². The number of likely N-dealkylation sites (tertiary alicyclic amines) is 1. The van der Waals surface area contributed by atoms with Gasteiger partial charge in [-0.2, -0.15) is 0 Å². The molecule has 1 fully saturated rings. The Kier molecular flexibility index (Phi) is 4.48. The summed E-state index contributed by atoms with van der Waals surface area (Å²) < 4.78 is 2.25. The van der Waals surface area contributed by atoms with Crippen molar-refractivity contribution in [3.05, 3.63) is 46.0 Å². The van der Waals surface area contributed by atoms with E-state index >= 15 is 0 Å². The molecule has 3 heterocycles. The summed E-state index contributed by atoms with van der Waals surface area (Å²) in [6, 6.07) is 5.48. The maximum absolute atomic E-state index is 12.7. The first-order valence-corrected chi connectivity index (χ1v) is 9.19. The van der Waals surface area contributed by atoms with Gasteiger partial charge in [0.25, 0.3) is 5.91 Å². The third kappa shape index (κ3) is 3.16. The van der Waals surface area contributed by atoms with Crippen LogP contribution < -0.4 is 5.32 Å². The van der Waals surface area contributed by atoms with Crippen molar-refractivity contribution >= 4 is 17.5 Å². The molecule has 1 aromatic heterocycles. The first-order chi connectivity index (χ1) is 12.1. The number of rotatable bonds is 2. The van der Waals surface area contributed by atoms with E-state index in [2.05, 4.69) is 20.1 Å². The number of halogens is 1. The predicted molar refractivity (Wildman–Crippen MR) is 95.8 cm³/mol. The number of carbonyl (C=O) groups excluding carboxylic acids is 1. The van der Waals surface area contributed by atoms with Crippen LogP contribution in [0.4, 0.5) is 0 Å². The van der Waals surface area contributed by atoms with Crippen LogP contribution in [0.15, 0.2) is 18.2 Å². The van der Waals surface area contributed by atoms with Gasteiger partial charge in [-0.25, -0.2) is 0 Å². The van der Waals surface area contributed by atoms with E-state index in [0.29, 0.717) is 16.5 Å². The number of carbonyl (C=O) groups is 1. The summed E-state index contributed by atoms with van der Waals surface area (Å²) in [5, 5.41) is 12.8. The molecule has 0 aliphatic carbocycles. The van der Waals surface area contributed by atoms with E-state index in [1.807, 2.05) is 24.0 Å². The molecule has 7 heteroatoms. The fraction of sp³-hybridized carbons (Fsp3) is 0.500. The van der Waals surface area contributed by atoms with Gasteiger partial charge in [-0.3, -0.25) is 4.79 Å². The molecule has 6 nitrogen and oxygen atoms in total. The Morgan fingerprint density at radius 2 is 2.04 bits per heavy atom. The summed E-state index contributed by atoms with van der Waals surface area (Å²) in [5.74, 6) is 2.59. The predicted octanol–water partition coefficient (Wildman–Crippen LogP) is 2.36. The molecule has 1 aromatic carbocycles. The van der Waals surface area contributed by atoms with E-state index in [4.69, 9.17) is 11.6 Å². The van der Waals surface area contributed by atoms with Crippen LogP contribution >= 0.6 is 11.6 Å². The molecule has 0 radical (unpaired) electrons. The van der Waals surface area contributed by atoms with Gasteiger partial charge in [-0.1, -0.05) is 11.6 Å². The second kappa shape index (κ2) is 6.77. The van der Waals surface area contributed by atoms with Crippen molar-refractivity contribution in [1.82, 2.24) is 25.0 Å². The molecule has 0 unspecified atom stereocenters. The van der Waals surface area contributed by atoms with E-state index in [1.54, 1.807) is 6.07 Å². The minimum Gasteiger partial charge on any atom is -0.339 e. The molecule has 0 atom stereocenters. The Hall–Kier alpha value is -1.92. The fourth-order valence-electron chi connectivity index (χ4n) is 3.72. The van der Waals surface area contributed by atoms with Crippen LogP contribution in [0.2, 0.25) is 5.02 Å². The molecule has 1 saturated heterocycles. The Morgan fingerprint density at radius 3 is 2.80 bits per heavy atom.